The molecule has 6 nitrogen and oxygen atoms in total. The molecule has 1 unspecified atom stereocenters. The molecule has 1 amide bonds. The highest BCUT2D eigenvalue weighted by Gasteiger charge is 2.13. The molecule has 7 heteroatoms. The third-order valence-corrected chi connectivity index (χ3v) is 4.29. The van der Waals surface area contributed by atoms with Gasteiger partial charge in [-0.1, -0.05) is 12.1 Å². The van der Waals surface area contributed by atoms with Crippen LogP contribution >= 0.6 is 0 Å². The molecule has 0 heterocycles. The summed E-state index contributed by atoms with van der Waals surface area (Å²) in [4.78, 5) is 10.7. The summed E-state index contributed by atoms with van der Waals surface area (Å²) in [6.45, 7) is 1.87. The largest absolute Gasteiger partial charge is 0.389 e. The van der Waals surface area contributed by atoms with Crippen molar-refractivity contribution in [2.75, 3.05) is 6.54 Å². The Morgan fingerprint density at radius 2 is 1.90 bits per heavy atom. The highest BCUT2D eigenvalue weighted by Crippen LogP contribution is 2.15. The SMILES string of the molecule is CC(O)c1ccc(S(=O)(=O)NCCCCC(N)=O)cc1. The number of amides is 1. The van der Waals surface area contributed by atoms with Gasteiger partial charge in [-0.2, -0.15) is 0 Å². The van der Waals surface area contributed by atoms with Gasteiger partial charge in [-0.05, 0) is 37.5 Å². The van der Waals surface area contributed by atoms with Crippen LogP contribution < -0.4 is 10.5 Å². The molecule has 0 fully saturated rings. The van der Waals surface area contributed by atoms with Crippen LogP contribution in [0.2, 0.25) is 0 Å². The normalized spacial score (nSPS) is 13.1. The summed E-state index contributed by atoms with van der Waals surface area (Å²) in [7, 11) is -3.55. The van der Waals surface area contributed by atoms with Crippen molar-refractivity contribution in [3.8, 4) is 0 Å². The minimum absolute atomic E-state index is 0.150. The van der Waals surface area contributed by atoms with E-state index in [1.807, 2.05) is 0 Å². The Labute approximate surface area is 119 Å². The van der Waals surface area contributed by atoms with Gasteiger partial charge in [-0.25, -0.2) is 13.1 Å². The van der Waals surface area contributed by atoms with E-state index in [1.165, 1.54) is 12.1 Å². The van der Waals surface area contributed by atoms with Gasteiger partial charge in [0, 0.05) is 13.0 Å². The minimum Gasteiger partial charge on any atom is -0.389 e. The van der Waals surface area contributed by atoms with Gasteiger partial charge < -0.3 is 10.8 Å². The first kappa shape index (κ1) is 16.6. The van der Waals surface area contributed by atoms with Crippen LogP contribution in [0.5, 0.6) is 0 Å². The highest BCUT2D eigenvalue weighted by atomic mass is 32.2. The summed E-state index contributed by atoms with van der Waals surface area (Å²) in [5, 5.41) is 9.36. The lowest BCUT2D eigenvalue weighted by atomic mass is 10.1. The molecule has 0 saturated carbocycles. The number of nitrogens with one attached hydrogen (secondary N) is 1. The predicted molar refractivity (Wildman–Crippen MR) is 75.3 cm³/mol. The number of aliphatic hydroxyl groups excluding tert-OH is 1. The van der Waals surface area contributed by atoms with E-state index in [9.17, 15) is 18.3 Å². The van der Waals surface area contributed by atoms with Gasteiger partial charge in [0.25, 0.3) is 0 Å². The van der Waals surface area contributed by atoms with Gasteiger partial charge in [0.05, 0.1) is 11.0 Å². The maximum atomic E-state index is 11.9. The fourth-order valence-electron chi connectivity index (χ4n) is 1.64. The Kier molecular flexibility index (Phi) is 6.12. The average molecular weight is 300 g/mol. The summed E-state index contributed by atoms with van der Waals surface area (Å²) in [5.41, 5.74) is 5.65. The first-order valence-electron chi connectivity index (χ1n) is 6.39. The lowest BCUT2D eigenvalue weighted by molar-refractivity contribution is -0.118. The molecule has 112 valence electrons. The molecule has 0 aromatic heterocycles. The number of aliphatic hydroxyl groups is 1. The van der Waals surface area contributed by atoms with E-state index in [4.69, 9.17) is 5.73 Å². The standard InChI is InChI=1S/C13H20N2O4S/c1-10(16)11-5-7-12(8-6-11)20(18,19)15-9-3-2-4-13(14)17/h5-8,10,15-16H,2-4,9H2,1H3,(H2,14,17). The van der Waals surface area contributed by atoms with Crippen molar-refractivity contribution in [1.29, 1.82) is 0 Å². The molecule has 1 rings (SSSR count). The van der Waals surface area contributed by atoms with E-state index in [0.29, 0.717) is 18.4 Å². The van der Waals surface area contributed by atoms with Crippen molar-refractivity contribution in [3.63, 3.8) is 0 Å². The van der Waals surface area contributed by atoms with Crippen molar-refractivity contribution in [3.05, 3.63) is 29.8 Å². The second kappa shape index (κ2) is 7.37. The minimum atomic E-state index is -3.55. The van der Waals surface area contributed by atoms with Crippen LogP contribution in [-0.4, -0.2) is 26.0 Å². The molecule has 0 saturated heterocycles. The van der Waals surface area contributed by atoms with Crippen molar-refractivity contribution >= 4 is 15.9 Å². The number of hydrogen-bond donors (Lipinski definition) is 3. The Bertz CT molecular complexity index is 538. The Morgan fingerprint density at radius 3 is 2.40 bits per heavy atom. The van der Waals surface area contributed by atoms with Gasteiger partial charge in [-0.15, -0.1) is 0 Å². The van der Waals surface area contributed by atoms with Crippen LogP contribution in [0, 0.1) is 0 Å². The van der Waals surface area contributed by atoms with Gasteiger partial charge in [0.2, 0.25) is 15.9 Å². The van der Waals surface area contributed by atoms with Crippen molar-refractivity contribution in [2.45, 2.75) is 37.2 Å². The molecule has 0 radical (unpaired) electrons. The molecule has 1 aromatic rings. The molecular weight excluding hydrogens is 280 g/mol. The van der Waals surface area contributed by atoms with Crippen LogP contribution in [0.25, 0.3) is 0 Å². The molecule has 4 N–H and O–H groups in total. The summed E-state index contributed by atoms with van der Waals surface area (Å²) in [6, 6.07) is 6.06. The van der Waals surface area contributed by atoms with Crippen molar-refractivity contribution in [2.24, 2.45) is 5.73 Å². The molecule has 0 aliphatic rings. The second-order valence-electron chi connectivity index (χ2n) is 4.57. The Hall–Kier alpha value is -1.44. The topological polar surface area (TPSA) is 109 Å². The zero-order valence-electron chi connectivity index (χ0n) is 11.4. The summed E-state index contributed by atoms with van der Waals surface area (Å²) in [6.07, 6.45) is 0.728. The third kappa shape index (κ3) is 5.28. The monoisotopic (exact) mass is 300 g/mol. The molecule has 0 aliphatic heterocycles. The van der Waals surface area contributed by atoms with E-state index >= 15 is 0 Å². The Balaban J connectivity index is 2.53. The number of carbonyl (C=O) groups excluding carboxylic acids is 1. The van der Waals surface area contributed by atoms with E-state index in [1.54, 1.807) is 19.1 Å². The average Bonchev–Trinajstić information content (AvgIpc) is 2.38. The number of rotatable bonds is 8. The van der Waals surface area contributed by atoms with Crippen molar-refractivity contribution in [1.82, 2.24) is 4.72 Å². The lowest BCUT2D eigenvalue weighted by Gasteiger charge is -2.08. The van der Waals surface area contributed by atoms with Gasteiger partial charge >= 0.3 is 0 Å². The molecule has 0 bridgehead atoms. The second-order valence-corrected chi connectivity index (χ2v) is 6.33. The van der Waals surface area contributed by atoms with Crippen LogP contribution in [0.3, 0.4) is 0 Å². The van der Waals surface area contributed by atoms with Gasteiger partial charge in [0.15, 0.2) is 0 Å². The van der Waals surface area contributed by atoms with Crippen LogP contribution in [0.15, 0.2) is 29.2 Å². The van der Waals surface area contributed by atoms with Crippen LogP contribution in [0.4, 0.5) is 0 Å². The maximum Gasteiger partial charge on any atom is 0.240 e. The van der Waals surface area contributed by atoms with E-state index in [0.717, 1.165) is 0 Å². The van der Waals surface area contributed by atoms with Crippen LogP contribution in [-0.2, 0) is 14.8 Å². The first-order chi connectivity index (χ1) is 9.33. The smallest absolute Gasteiger partial charge is 0.240 e. The Morgan fingerprint density at radius 1 is 1.30 bits per heavy atom. The molecule has 0 aliphatic carbocycles. The fraction of sp³-hybridized carbons (Fsp3) is 0.462. The fourth-order valence-corrected chi connectivity index (χ4v) is 2.71. The van der Waals surface area contributed by atoms with E-state index < -0.39 is 16.1 Å². The first-order valence-corrected chi connectivity index (χ1v) is 7.87. The number of nitrogens with two attached hydrogens (primary N) is 1. The van der Waals surface area contributed by atoms with Crippen LogP contribution in [0.1, 0.15) is 37.9 Å². The summed E-state index contributed by atoms with van der Waals surface area (Å²) >= 11 is 0. The molecule has 0 spiro atoms. The summed E-state index contributed by atoms with van der Waals surface area (Å²) < 4.78 is 26.3. The van der Waals surface area contributed by atoms with E-state index in [2.05, 4.69) is 4.72 Å². The lowest BCUT2D eigenvalue weighted by Crippen LogP contribution is -2.25. The van der Waals surface area contributed by atoms with Gasteiger partial charge in [0.1, 0.15) is 0 Å². The van der Waals surface area contributed by atoms with Gasteiger partial charge in [-0.3, -0.25) is 4.79 Å². The predicted octanol–water partition coefficient (Wildman–Crippen LogP) is 0.674. The molecule has 1 atom stereocenters. The highest BCUT2D eigenvalue weighted by molar-refractivity contribution is 7.89. The zero-order valence-corrected chi connectivity index (χ0v) is 12.2. The van der Waals surface area contributed by atoms with Crippen molar-refractivity contribution < 1.29 is 18.3 Å². The number of benzene rings is 1. The molecular formula is C13H20N2O4S. The number of sulfonamides is 1. The molecule has 1 aromatic carbocycles. The van der Waals surface area contributed by atoms with E-state index in [-0.39, 0.29) is 23.8 Å². The summed E-state index contributed by atoms with van der Waals surface area (Å²) in [5.74, 6) is -0.387. The quantitative estimate of drug-likeness (QED) is 0.613. The number of hydrogen-bond acceptors (Lipinski definition) is 4. The number of unbranched alkanes of at least 4 members (excludes halogenated alkanes) is 1. The number of primary amides is 1. The zero-order chi connectivity index (χ0) is 15.2. The maximum absolute atomic E-state index is 11.9. The number of carbonyl (C=O) groups is 1. The third-order valence-electron chi connectivity index (χ3n) is 2.81. The molecule has 20 heavy (non-hydrogen) atoms.